The fourth-order valence-electron chi connectivity index (χ4n) is 3.36. The Kier molecular flexibility index (Phi) is 3.40. The van der Waals surface area contributed by atoms with Gasteiger partial charge in [-0.3, -0.25) is 0 Å². The van der Waals surface area contributed by atoms with Gasteiger partial charge in [-0.2, -0.15) is 10.5 Å². The van der Waals surface area contributed by atoms with E-state index in [-0.39, 0.29) is 6.04 Å². The molecule has 5 nitrogen and oxygen atoms in total. The van der Waals surface area contributed by atoms with Gasteiger partial charge in [0.05, 0.1) is 11.7 Å². The van der Waals surface area contributed by atoms with E-state index in [0.717, 1.165) is 47.2 Å². The van der Waals surface area contributed by atoms with Crippen LogP contribution < -0.4 is 0 Å². The molecule has 4 rings (SSSR count). The Bertz CT molecular complexity index is 989. The van der Waals surface area contributed by atoms with Crippen LogP contribution in [0.25, 0.3) is 22.2 Å². The molecule has 1 aromatic carbocycles. The van der Waals surface area contributed by atoms with Crippen LogP contribution in [-0.4, -0.2) is 21.4 Å². The highest BCUT2D eigenvalue weighted by molar-refractivity contribution is 5.85. The first-order valence-corrected chi connectivity index (χ1v) is 7.95. The largest absolute Gasteiger partial charge is 0.357 e. The second kappa shape index (κ2) is 5.72. The van der Waals surface area contributed by atoms with Crippen LogP contribution in [0.15, 0.2) is 42.5 Å². The van der Waals surface area contributed by atoms with Crippen LogP contribution >= 0.6 is 0 Å². The van der Waals surface area contributed by atoms with Gasteiger partial charge in [-0.1, -0.05) is 12.1 Å². The summed E-state index contributed by atoms with van der Waals surface area (Å²) in [4.78, 5) is 9.63. The van der Waals surface area contributed by atoms with E-state index in [1.165, 1.54) is 0 Å². The van der Waals surface area contributed by atoms with E-state index in [0.29, 0.717) is 5.69 Å². The molecule has 0 spiro atoms. The highest BCUT2D eigenvalue weighted by Crippen LogP contribution is 2.33. The smallest absolute Gasteiger partial charge is 0.179 e. The molecule has 1 fully saturated rings. The molecule has 0 unspecified atom stereocenters. The van der Waals surface area contributed by atoms with Crippen LogP contribution in [-0.2, 0) is 0 Å². The minimum atomic E-state index is 0.144. The van der Waals surface area contributed by atoms with Crippen molar-refractivity contribution in [2.45, 2.75) is 18.9 Å². The van der Waals surface area contributed by atoms with Crippen LogP contribution in [0.3, 0.4) is 0 Å². The number of hydrogen-bond acceptors (Lipinski definition) is 4. The van der Waals surface area contributed by atoms with Crippen molar-refractivity contribution in [3.05, 3.63) is 53.9 Å². The van der Waals surface area contributed by atoms with E-state index in [1.54, 1.807) is 6.07 Å². The quantitative estimate of drug-likeness (QED) is 0.731. The summed E-state index contributed by atoms with van der Waals surface area (Å²) in [6, 6.07) is 15.9. The van der Waals surface area contributed by atoms with Crippen molar-refractivity contribution in [2.24, 2.45) is 0 Å². The molecule has 0 saturated carbocycles. The van der Waals surface area contributed by atoms with Crippen molar-refractivity contribution in [1.82, 2.24) is 14.9 Å². The Hall–Kier alpha value is -3.31. The number of rotatable bonds is 2. The minimum Gasteiger partial charge on any atom is -0.357 e. The van der Waals surface area contributed by atoms with Crippen LogP contribution in [0, 0.1) is 22.8 Å². The topological polar surface area (TPSA) is 79.5 Å². The summed E-state index contributed by atoms with van der Waals surface area (Å²) >= 11 is 0. The first kappa shape index (κ1) is 14.3. The summed E-state index contributed by atoms with van der Waals surface area (Å²) in [5.74, 6) is 0. The molecular formula is C19H15N5. The summed E-state index contributed by atoms with van der Waals surface area (Å²) in [5.41, 5.74) is 4.32. The van der Waals surface area contributed by atoms with Gasteiger partial charge in [-0.05, 0) is 43.2 Å². The Balaban J connectivity index is 1.74. The van der Waals surface area contributed by atoms with Gasteiger partial charge in [0.25, 0.3) is 0 Å². The van der Waals surface area contributed by atoms with Gasteiger partial charge in [0, 0.05) is 28.7 Å². The molecule has 1 atom stereocenters. The fraction of sp³-hybridized carbons (Fsp3) is 0.211. The number of nitriles is 2. The van der Waals surface area contributed by atoms with Crippen molar-refractivity contribution >= 4 is 10.9 Å². The normalized spacial score (nSPS) is 16.9. The number of aromatic amines is 1. The van der Waals surface area contributed by atoms with Crippen molar-refractivity contribution in [3.8, 4) is 23.5 Å². The Morgan fingerprint density at radius 1 is 1.17 bits per heavy atom. The third kappa shape index (κ3) is 2.37. The van der Waals surface area contributed by atoms with Crippen molar-refractivity contribution in [2.75, 3.05) is 6.54 Å². The van der Waals surface area contributed by atoms with E-state index >= 15 is 0 Å². The third-order valence-electron chi connectivity index (χ3n) is 4.54. The summed E-state index contributed by atoms with van der Waals surface area (Å²) in [7, 11) is 0. The second-order valence-electron chi connectivity index (χ2n) is 6.00. The molecule has 1 aliphatic heterocycles. The van der Waals surface area contributed by atoms with Crippen molar-refractivity contribution < 1.29 is 0 Å². The van der Waals surface area contributed by atoms with E-state index in [9.17, 15) is 5.26 Å². The van der Waals surface area contributed by atoms with Crippen LogP contribution in [0.4, 0.5) is 0 Å². The van der Waals surface area contributed by atoms with Crippen LogP contribution in [0.2, 0.25) is 0 Å². The fourth-order valence-corrected chi connectivity index (χ4v) is 3.36. The highest BCUT2D eigenvalue weighted by Gasteiger charge is 2.26. The summed E-state index contributed by atoms with van der Waals surface area (Å²) in [6.45, 7) is 0.826. The van der Waals surface area contributed by atoms with E-state index in [4.69, 9.17) is 5.26 Å². The van der Waals surface area contributed by atoms with Gasteiger partial charge < -0.3 is 9.88 Å². The molecule has 0 aliphatic carbocycles. The van der Waals surface area contributed by atoms with Crippen LogP contribution in [0.1, 0.15) is 30.3 Å². The number of likely N-dealkylation sites (tertiary alicyclic amines) is 1. The number of benzene rings is 1. The van der Waals surface area contributed by atoms with E-state index in [1.807, 2.05) is 29.2 Å². The maximum Gasteiger partial charge on any atom is 0.179 e. The number of H-pyrrole nitrogens is 1. The van der Waals surface area contributed by atoms with E-state index < -0.39 is 0 Å². The van der Waals surface area contributed by atoms with Crippen molar-refractivity contribution in [1.29, 1.82) is 10.5 Å². The number of nitrogens with one attached hydrogen (secondary N) is 1. The molecule has 5 heteroatoms. The molecule has 24 heavy (non-hydrogen) atoms. The second-order valence-corrected chi connectivity index (χ2v) is 6.00. The zero-order valence-electron chi connectivity index (χ0n) is 13.0. The number of hydrogen-bond donors (Lipinski definition) is 1. The first-order valence-electron chi connectivity index (χ1n) is 7.95. The summed E-state index contributed by atoms with van der Waals surface area (Å²) in [5, 5.41) is 19.3. The first-order chi connectivity index (χ1) is 11.8. The molecule has 1 N–H and O–H groups in total. The lowest BCUT2D eigenvalue weighted by atomic mass is 10.1. The molecule has 0 bridgehead atoms. The Labute approximate surface area is 139 Å². The number of fused-ring (bicyclic) bond motifs is 1. The number of aromatic nitrogens is 2. The molecule has 1 saturated heterocycles. The van der Waals surface area contributed by atoms with Gasteiger partial charge in [0.15, 0.2) is 6.19 Å². The molecule has 1 aliphatic rings. The molecule has 3 heterocycles. The predicted octanol–water partition coefficient (Wildman–Crippen LogP) is 3.72. The standard InChI is InChI=1S/C19H15N5/c20-11-15-3-1-4-16(22-15)13-6-7-17-14(9-13)10-18(23-17)19-5-2-8-24(19)12-21/h1,3-4,6-7,9-10,19,23H,2,5,8H2/t19-/m0/s1. The number of nitrogens with zero attached hydrogens (tertiary/aromatic N) is 4. The van der Waals surface area contributed by atoms with E-state index in [2.05, 4.69) is 34.4 Å². The molecule has 3 aromatic rings. The molecule has 0 radical (unpaired) electrons. The monoisotopic (exact) mass is 313 g/mol. The molecule has 116 valence electrons. The Morgan fingerprint density at radius 2 is 2.08 bits per heavy atom. The predicted molar refractivity (Wildman–Crippen MR) is 90.5 cm³/mol. The lowest BCUT2D eigenvalue weighted by Crippen LogP contribution is -2.17. The lowest BCUT2D eigenvalue weighted by molar-refractivity contribution is 0.369. The molecule has 2 aromatic heterocycles. The SMILES string of the molecule is N#Cc1cccc(-c2ccc3[nH]c([C@@H]4CCCN4C#N)cc3c2)n1. The number of pyridine rings is 1. The van der Waals surface area contributed by atoms with Gasteiger partial charge in [0.1, 0.15) is 11.8 Å². The zero-order valence-corrected chi connectivity index (χ0v) is 13.0. The van der Waals surface area contributed by atoms with Crippen LogP contribution in [0.5, 0.6) is 0 Å². The minimum absolute atomic E-state index is 0.144. The maximum absolute atomic E-state index is 9.24. The average molecular weight is 313 g/mol. The molecule has 0 amide bonds. The summed E-state index contributed by atoms with van der Waals surface area (Å²) < 4.78 is 0. The zero-order chi connectivity index (χ0) is 16.5. The average Bonchev–Trinajstić information content (AvgIpc) is 3.26. The summed E-state index contributed by atoms with van der Waals surface area (Å²) in [6.07, 6.45) is 4.32. The van der Waals surface area contributed by atoms with Gasteiger partial charge in [0.2, 0.25) is 0 Å². The third-order valence-corrected chi connectivity index (χ3v) is 4.54. The highest BCUT2D eigenvalue weighted by atomic mass is 15.2. The van der Waals surface area contributed by atoms with Gasteiger partial charge in [-0.15, -0.1) is 0 Å². The lowest BCUT2D eigenvalue weighted by Gasteiger charge is -2.16. The maximum atomic E-state index is 9.24. The van der Waals surface area contributed by atoms with Gasteiger partial charge in [-0.25, -0.2) is 4.98 Å². The van der Waals surface area contributed by atoms with Crippen molar-refractivity contribution in [3.63, 3.8) is 0 Å². The molecular weight excluding hydrogens is 298 g/mol. The Morgan fingerprint density at radius 3 is 2.92 bits per heavy atom. The van der Waals surface area contributed by atoms with Gasteiger partial charge >= 0.3 is 0 Å².